The molecule has 16 heavy (non-hydrogen) atoms. The highest BCUT2D eigenvalue weighted by Gasteiger charge is 2.08. The van der Waals surface area contributed by atoms with Gasteiger partial charge in [0.15, 0.2) is 0 Å². The van der Waals surface area contributed by atoms with E-state index in [0.29, 0.717) is 12.2 Å². The van der Waals surface area contributed by atoms with Gasteiger partial charge >= 0.3 is 5.97 Å². The Labute approximate surface area is 93.1 Å². The summed E-state index contributed by atoms with van der Waals surface area (Å²) in [6.07, 6.45) is 0. The molecule has 0 radical (unpaired) electrons. The number of nitrogens with zero attached hydrogens (tertiary/aromatic N) is 1. The van der Waals surface area contributed by atoms with Crippen molar-refractivity contribution in [3.05, 3.63) is 35.5 Å². The van der Waals surface area contributed by atoms with Crippen LogP contribution in [0.5, 0.6) is 0 Å². The summed E-state index contributed by atoms with van der Waals surface area (Å²) in [7, 11) is 3.54. The number of aromatic carboxylic acids is 1. The molecule has 0 saturated heterocycles. The summed E-state index contributed by atoms with van der Waals surface area (Å²) in [5.41, 5.74) is 2.24. The first-order chi connectivity index (χ1) is 7.63. The van der Waals surface area contributed by atoms with Crippen molar-refractivity contribution < 1.29 is 14.6 Å². The Morgan fingerprint density at radius 2 is 2.19 bits per heavy atom. The molecular formula is C12H13NO3. The van der Waals surface area contributed by atoms with Crippen molar-refractivity contribution in [3.8, 4) is 0 Å². The molecule has 2 aromatic rings. The molecule has 0 unspecified atom stereocenters. The maximum absolute atomic E-state index is 10.9. The highest BCUT2D eigenvalue weighted by atomic mass is 16.5. The van der Waals surface area contributed by atoms with Crippen LogP contribution in [0.4, 0.5) is 0 Å². The lowest BCUT2D eigenvalue weighted by Crippen LogP contribution is -1.99. The van der Waals surface area contributed by atoms with E-state index in [-0.39, 0.29) is 0 Å². The van der Waals surface area contributed by atoms with Crippen LogP contribution >= 0.6 is 0 Å². The number of benzene rings is 1. The van der Waals surface area contributed by atoms with Crippen molar-refractivity contribution in [1.29, 1.82) is 0 Å². The molecule has 0 saturated carbocycles. The van der Waals surface area contributed by atoms with Crippen molar-refractivity contribution in [2.24, 2.45) is 7.05 Å². The standard InChI is InChI=1S/C12H13NO3/c1-13-10(7-16-2)5-8-3-4-9(12(14)15)6-11(8)13/h3-6H,7H2,1-2H3,(H,14,15). The average molecular weight is 219 g/mol. The smallest absolute Gasteiger partial charge is 0.335 e. The van der Waals surface area contributed by atoms with Gasteiger partial charge in [0, 0.05) is 25.4 Å². The minimum atomic E-state index is -0.906. The van der Waals surface area contributed by atoms with E-state index in [1.165, 1.54) is 0 Å². The molecule has 0 atom stereocenters. The van der Waals surface area contributed by atoms with Crippen LogP contribution in [0.3, 0.4) is 0 Å². The number of hydrogen-bond acceptors (Lipinski definition) is 2. The van der Waals surface area contributed by atoms with Crippen LogP contribution < -0.4 is 0 Å². The third kappa shape index (κ3) is 1.67. The summed E-state index contributed by atoms with van der Waals surface area (Å²) in [6.45, 7) is 0.521. The quantitative estimate of drug-likeness (QED) is 0.859. The predicted molar refractivity (Wildman–Crippen MR) is 60.6 cm³/mol. The third-order valence-electron chi connectivity index (χ3n) is 2.68. The van der Waals surface area contributed by atoms with Gasteiger partial charge in [-0.3, -0.25) is 0 Å². The van der Waals surface area contributed by atoms with Crippen molar-refractivity contribution in [1.82, 2.24) is 4.57 Å². The monoisotopic (exact) mass is 219 g/mol. The Morgan fingerprint density at radius 3 is 2.81 bits per heavy atom. The molecular weight excluding hydrogens is 206 g/mol. The number of carbonyl (C=O) groups is 1. The molecule has 1 aromatic carbocycles. The lowest BCUT2D eigenvalue weighted by molar-refractivity contribution is 0.0697. The number of aryl methyl sites for hydroxylation is 1. The topological polar surface area (TPSA) is 51.5 Å². The maximum Gasteiger partial charge on any atom is 0.335 e. The van der Waals surface area contributed by atoms with Crippen LogP contribution in [0.25, 0.3) is 10.9 Å². The maximum atomic E-state index is 10.9. The summed E-state index contributed by atoms with van der Waals surface area (Å²) >= 11 is 0. The number of methoxy groups -OCH3 is 1. The summed E-state index contributed by atoms with van der Waals surface area (Å²) in [5.74, 6) is -0.906. The van der Waals surface area contributed by atoms with Crippen molar-refractivity contribution in [2.75, 3.05) is 7.11 Å². The lowest BCUT2D eigenvalue weighted by Gasteiger charge is -2.02. The Morgan fingerprint density at radius 1 is 1.44 bits per heavy atom. The molecule has 0 spiro atoms. The second kappa shape index (κ2) is 3.98. The first kappa shape index (κ1) is 10.7. The van der Waals surface area contributed by atoms with E-state index in [9.17, 15) is 4.79 Å². The lowest BCUT2D eigenvalue weighted by atomic mass is 10.1. The largest absolute Gasteiger partial charge is 0.478 e. The zero-order valence-corrected chi connectivity index (χ0v) is 9.23. The number of hydrogen-bond donors (Lipinski definition) is 1. The first-order valence-corrected chi connectivity index (χ1v) is 4.94. The van der Waals surface area contributed by atoms with Crippen molar-refractivity contribution in [3.63, 3.8) is 0 Å². The number of rotatable bonds is 3. The fourth-order valence-corrected chi connectivity index (χ4v) is 1.81. The summed E-state index contributed by atoms with van der Waals surface area (Å²) in [5, 5.41) is 9.94. The van der Waals surface area contributed by atoms with E-state index in [2.05, 4.69) is 0 Å². The van der Waals surface area contributed by atoms with Crippen LogP contribution in [-0.4, -0.2) is 22.8 Å². The Hall–Kier alpha value is -1.81. The van der Waals surface area contributed by atoms with Crippen molar-refractivity contribution in [2.45, 2.75) is 6.61 Å². The average Bonchev–Trinajstić information content (AvgIpc) is 2.56. The van der Waals surface area contributed by atoms with Crippen LogP contribution in [0.2, 0.25) is 0 Å². The second-order valence-electron chi connectivity index (χ2n) is 3.71. The predicted octanol–water partition coefficient (Wildman–Crippen LogP) is 2.02. The number of fused-ring (bicyclic) bond motifs is 1. The fraction of sp³-hybridized carbons (Fsp3) is 0.250. The van der Waals surface area contributed by atoms with Gasteiger partial charge in [-0.05, 0) is 23.6 Å². The van der Waals surface area contributed by atoms with E-state index in [1.54, 1.807) is 19.2 Å². The molecule has 84 valence electrons. The Bertz CT molecular complexity index is 542. The number of carboxylic acids is 1. The molecule has 1 heterocycles. The molecule has 0 bridgehead atoms. The van der Waals surface area contributed by atoms with Crippen LogP contribution in [0, 0.1) is 0 Å². The van der Waals surface area contributed by atoms with Crippen LogP contribution in [0.1, 0.15) is 16.1 Å². The molecule has 0 aliphatic rings. The molecule has 0 fully saturated rings. The molecule has 2 rings (SSSR count). The van der Waals surface area contributed by atoms with E-state index in [0.717, 1.165) is 16.6 Å². The van der Waals surface area contributed by atoms with Gasteiger partial charge in [0.1, 0.15) is 0 Å². The van der Waals surface area contributed by atoms with Crippen LogP contribution in [-0.2, 0) is 18.4 Å². The molecule has 1 N–H and O–H groups in total. The normalized spacial score (nSPS) is 10.9. The second-order valence-corrected chi connectivity index (χ2v) is 3.71. The highest BCUT2D eigenvalue weighted by Crippen LogP contribution is 2.20. The SMILES string of the molecule is COCc1cc2ccc(C(=O)O)cc2n1C. The first-order valence-electron chi connectivity index (χ1n) is 4.94. The molecule has 0 aliphatic heterocycles. The van der Waals surface area contributed by atoms with Gasteiger partial charge in [-0.25, -0.2) is 4.79 Å². The van der Waals surface area contributed by atoms with Gasteiger partial charge in [-0.2, -0.15) is 0 Å². The van der Waals surface area contributed by atoms with Gasteiger partial charge < -0.3 is 14.4 Å². The van der Waals surface area contributed by atoms with Gasteiger partial charge in [0.05, 0.1) is 12.2 Å². The number of aromatic nitrogens is 1. The molecule has 4 nitrogen and oxygen atoms in total. The summed E-state index contributed by atoms with van der Waals surface area (Å²) in [4.78, 5) is 10.9. The van der Waals surface area contributed by atoms with E-state index < -0.39 is 5.97 Å². The van der Waals surface area contributed by atoms with Gasteiger partial charge in [-0.1, -0.05) is 6.07 Å². The van der Waals surface area contributed by atoms with E-state index >= 15 is 0 Å². The van der Waals surface area contributed by atoms with E-state index in [4.69, 9.17) is 9.84 Å². The summed E-state index contributed by atoms with van der Waals surface area (Å²) in [6, 6.07) is 7.11. The van der Waals surface area contributed by atoms with Gasteiger partial charge in [0.25, 0.3) is 0 Å². The molecule has 0 aliphatic carbocycles. The van der Waals surface area contributed by atoms with Crippen LogP contribution in [0.15, 0.2) is 24.3 Å². The Balaban J connectivity index is 2.59. The highest BCUT2D eigenvalue weighted by molar-refractivity contribution is 5.93. The third-order valence-corrected chi connectivity index (χ3v) is 2.68. The molecule has 4 heteroatoms. The molecule has 1 aromatic heterocycles. The number of carboxylic acid groups (broad SMARTS) is 1. The zero-order valence-electron chi connectivity index (χ0n) is 9.23. The zero-order chi connectivity index (χ0) is 11.7. The van der Waals surface area contributed by atoms with Gasteiger partial charge in [-0.15, -0.1) is 0 Å². The molecule has 0 amide bonds. The number of ether oxygens (including phenoxy) is 1. The summed E-state index contributed by atoms with van der Waals surface area (Å²) < 4.78 is 7.03. The minimum Gasteiger partial charge on any atom is -0.478 e. The Kier molecular flexibility index (Phi) is 2.66. The van der Waals surface area contributed by atoms with Gasteiger partial charge in [0.2, 0.25) is 0 Å². The van der Waals surface area contributed by atoms with E-state index in [1.807, 2.05) is 23.7 Å². The fourth-order valence-electron chi connectivity index (χ4n) is 1.81. The minimum absolute atomic E-state index is 0.303. The van der Waals surface area contributed by atoms with Crippen molar-refractivity contribution >= 4 is 16.9 Å².